The SMILES string of the molecule is FC(F)(F)CCC1(CBr)CC1. The fourth-order valence-corrected chi connectivity index (χ4v) is 1.88. The first-order valence-electron chi connectivity index (χ1n) is 3.60. The van der Waals surface area contributed by atoms with Crippen LogP contribution >= 0.6 is 15.9 Å². The largest absolute Gasteiger partial charge is 0.389 e. The van der Waals surface area contributed by atoms with Gasteiger partial charge in [0.2, 0.25) is 0 Å². The summed E-state index contributed by atoms with van der Waals surface area (Å²) in [6.07, 6.45) is -2.40. The molecule has 0 nitrogen and oxygen atoms in total. The molecular formula is C7H10BrF3. The van der Waals surface area contributed by atoms with Crippen LogP contribution in [0.2, 0.25) is 0 Å². The van der Waals surface area contributed by atoms with E-state index in [-0.39, 0.29) is 5.41 Å². The van der Waals surface area contributed by atoms with Crippen molar-refractivity contribution in [2.45, 2.75) is 31.9 Å². The first kappa shape index (κ1) is 9.36. The van der Waals surface area contributed by atoms with E-state index in [2.05, 4.69) is 15.9 Å². The molecule has 11 heavy (non-hydrogen) atoms. The van der Waals surface area contributed by atoms with Crippen LogP contribution < -0.4 is 0 Å². The molecule has 0 saturated heterocycles. The maximum Gasteiger partial charge on any atom is 0.389 e. The van der Waals surface area contributed by atoms with Crippen molar-refractivity contribution in [1.29, 1.82) is 0 Å². The summed E-state index contributed by atoms with van der Waals surface area (Å²) in [5.74, 6) is 0. The van der Waals surface area contributed by atoms with Crippen LogP contribution in [0.3, 0.4) is 0 Å². The van der Waals surface area contributed by atoms with Crippen LogP contribution in [-0.2, 0) is 0 Å². The van der Waals surface area contributed by atoms with Crippen LogP contribution in [0, 0.1) is 5.41 Å². The molecule has 0 radical (unpaired) electrons. The van der Waals surface area contributed by atoms with Gasteiger partial charge in [0.1, 0.15) is 0 Å². The molecule has 0 aliphatic heterocycles. The van der Waals surface area contributed by atoms with Gasteiger partial charge in [0.05, 0.1) is 0 Å². The Morgan fingerprint density at radius 3 is 2.09 bits per heavy atom. The molecular weight excluding hydrogens is 221 g/mol. The van der Waals surface area contributed by atoms with Crippen LogP contribution in [0.15, 0.2) is 0 Å². The van der Waals surface area contributed by atoms with Crippen molar-refractivity contribution < 1.29 is 13.2 Å². The van der Waals surface area contributed by atoms with E-state index in [4.69, 9.17) is 0 Å². The van der Waals surface area contributed by atoms with Gasteiger partial charge in [-0.05, 0) is 24.7 Å². The lowest BCUT2D eigenvalue weighted by atomic mass is 10.0. The Morgan fingerprint density at radius 2 is 1.82 bits per heavy atom. The number of halogens is 4. The lowest BCUT2D eigenvalue weighted by Crippen LogP contribution is -2.12. The van der Waals surface area contributed by atoms with E-state index in [1.54, 1.807) is 0 Å². The normalized spacial score (nSPS) is 21.8. The van der Waals surface area contributed by atoms with Gasteiger partial charge in [-0.25, -0.2) is 0 Å². The highest BCUT2D eigenvalue weighted by atomic mass is 79.9. The van der Waals surface area contributed by atoms with Crippen molar-refractivity contribution in [2.75, 3.05) is 5.33 Å². The Hall–Kier alpha value is 0.270. The first-order valence-corrected chi connectivity index (χ1v) is 4.72. The second-order valence-electron chi connectivity index (χ2n) is 3.25. The highest BCUT2D eigenvalue weighted by Crippen LogP contribution is 2.52. The Bertz CT molecular complexity index is 137. The molecule has 0 amide bonds. The fraction of sp³-hybridized carbons (Fsp3) is 1.00. The monoisotopic (exact) mass is 230 g/mol. The van der Waals surface area contributed by atoms with Gasteiger partial charge in [-0.15, -0.1) is 0 Å². The zero-order valence-corrected chi connectivity index (χ0v) is 7.63. The van der Waals surface area contributed by atoms with E-state index in [0.717, 1.165) is 18.2 Å². The number of hydrogen-bond donors (Lipinski definition) is 0. The molecule has 66 valence electrons. The van der Waals surface area contributed by atoms with Crippen molar-refractivity contribution in [3.05, 3.63) is 0 Å². The second-order valence-corrected chi connectivity index (χ2v) is 3.81. The maximum absolute atomic E-state index is 11.7. The zero-order chi connectivity index (χ0) is 8.54. The van der Waals surface area contributed by atoms with Crippen molar-refractivity contribution in [1.82, 2.24) is 0 Å². The molecule has 0 aromatic rings. The zero-order valence-electron chi connectivity index (χ0n) is 6.05. The summed E-state index contributed by atoms with van der Waals surface area (Å²) in [5, 5.41) is 0.718. The predicted octanol–water partition coefficient (Wildman–Crippen LogP) is 3.50. The minimum atomic E-state index is -3.97. The van der Waals surface area contributed by atoms with E-state index >= 15 is 0 Å². The number of alkyl halides is 4. The van der Waals surface area contributed by atoms with Gasteiger partial charge < -0.3 is 0 Å². The van der Waals surface area contributed by atoms with Gasteiger partial charge in [-0.3, -0.25) is 0 Å². The highest BCUT2D eigenvalue weighted by molar-refractivity contribution is 9.09. The molecule has 1 fully saturated rings. The molecule has 0 atom stereocenters. The molecule has 1 saturated carbocycles. The minimum Gasteiger partial charge on any atom is -0.171 e. The molecule has 0 unspecified atom stereocenters. The smallest absolute Gasteiger partial charge is 0.171 e. The van der Waals surface area contributed by atoms with Gasteiger partial charge in [0, 0.05) is 11.8 Å². The maximum atomic E-state index is 11.7. The van der Waals surface area contributed by atoms with Crippen LogP contribution in [0.25, 0.3) is 0 Å². The summed E-state index contributed by atoms with van der Waals surface area (Å²) >= 11 is 3.23. The summed E-state index contributed by atoms with van der Waals surface area (Å²) in [6.45, 7) is 0. The van der Waals surface area contributed by atoms with Gasteiger partial charge in [-0.1, -0.05) is 15.9 Å². The molecule has 0 N–H and O–H groups in total. The van der Waals surface area contributed by atoms with E-state index in [9.17, 15) is 13.2 Å². The Balaban J connectivity index is 2.22. The van der Waals surface area contributed by atoms with Gasteiger partial charge >= 0.3 is 6.18 Å². The first-order chi connectivity index (χ1) is 4.97. The van der Waals surface area contributed by atoms with Crippen molar-refractivity contribution in [3.63, 3.8) is 0 Å². The van der Waals surface area contributed by atoms with Gasteiger partial charge in [0.15, 0.2) is 0 Å². The van der Waals surface area contributed by atoms with Crippen molar-refractivity contribution in [3.8, 4) is 0 Å². The molecule has 0 heterocycles. The Morgan fingerprint density at radius 1 is 1.27 bits per heavy atom. The fourth-order valence-electron chi connectivity index (χ4n) is 1.03. The average molecular weight is 231 g/mol. The molecule has 0 aromatic heterocycles. The summed E-state index contributed by atoms with van der Waals surface area (Å²) in [4.78, 5) is 0. The average Bonchev–Trinajstić information content (AvgIpc) is 2.63. The molecule has 1 aliphatic rings. The molecule has 0 spiro atoms. The van der Waals surface area contributed by atoms with Gasteiger partial charge in [0.25, 0.3) is 0 Å². The van der Waals surface area contributed by atoms with E-state index in [1.165, 1.54) is 0 Å². The standard InChI is InChI=1S/C7H10BrF3/c8-5-6(1-2-6)3-4-7(9,10)11/h1-5H2. The molecule has 0 aromatic carbocycles. The third kappa shape index (κ3) is 3.01. The summed E-state index contributed by atoms with van der Waals surface area (Å²) in [7, 11) is 0. The van der Waals surface area contributed by atoms with Gasteiger partial charge in [-0.2, -0.15) is 13.2 Å². The van der Waals surface area contributed by atoms with E-state index in [1.807, 2.05) is 0 Å². The summed E-state index contributed by atoms with van der Waals surface area (Å²) in [5.41, 5.74) is -0.00444. The third-order valence-corrected chi connectivity index (χ3v) is 3.37. The van der Waals surface area contributed by atoms with Crippen molar-refractivity contribution in [2.24, 2.45) is 5.41 Å². The summed E-state index contributed by atoms with van der Waals surface area (Å²) < 4.78 is 35.2. The highest BCUT2D eigenvalue weighted by Gasteiger charge is 2.43. The Kier molecular flexibility index (Phi) is 2.52. The molecule has 1 aliphatic carbocycles. The summed E-state index contributed by atoms with van der Waals surface area (Å²) in [6, 6.07) is 0. The van der Waals surface area contributed by atoms with Crippen molar-refractivity contribution >= 4 is 15.9 Å². The second kappa shape index (κ2) is 2.96. The van der Waals surface area contributed by atoms with Crippen LogP contribution in [0.1, 0.15) is 25.7 Å². The van der Waals surface area contributed by atoms with E-state index < -0.39 is 12.6 Å². The predicted molar refractivity (Wildman–Crippen MR) is 40.8 cm³/mol. The topological polar surface area (TPSA) is 0 Å². The number of hydrogen-bond acceptors (Lipinski definition) is 0. The molecule has 1 rings (SSSR count). The number of rotatable bonds is 3. The van der Waals surface area contributed by atoms with E-state index in [0.29, 0.717) is 6.42 Å². The third-order valence-electron chi connectivity index (χ3n) is 2.18. The lowest BCUT2D eigenvalue weighted by molar-refractivity contribution is -0.137. The van der Waals surface area contributed by atoms with Crippen LogP contribution in [0.4, 0.5) is 13.2 Å². The van der Waals surface area contributed by atoms with Crippen LogP contribution in [0.5, 0.6) is 0 Å². The van der Waals surface area contributed by atoms with Crippen LogP contribution in [-0.4, -0.2) is 11.5 Å². The minimum absolute atomic E-state index is 0.00444. The molecule has 4 heteroatoms. The quantitative estimate of drug-likeness (QED) is 0.652. The Labute approximate surface area is 72.3 Å². The lowest BCUT2D eigenvalue weighted by Gasteiger charge is -2.12. The molecule has 0 bridgehead atoms.